The normalized spacial score (nSPS) is 23.1. The summed E-state index contributed by atoms with van der Waals surface area (Å²) in [5.41, 5.74) is 0.0790. The second kappa shape index (κ2) is 4.12. The standard InChI is InChI=1S/C12H15NO3/c1-2-3-8-6-10(8)13-7-9(12(15)16)4-5-11(13)14/h4-5,7-8,10H,2-3,6H2,1H3,(H,15,16). The molecule has 4 nitrogen and oxygen atoms in total. The van der Waals surface area contributed by atoms with Crippen LogP contribution in [0.15, 0.2) is 23.1 Å². The monoisotopic (exact) mass is 221 g/mol. The van der Waals surface area contributed by atoms with Crippen LogP contribution in [-0.4, -0.2) is 15.6 Å². The van der Waals surface area contributed by atoms with E-state index >= 15 is 0 Å². The highest BCUT2D eigenvalue weighted by molar-refractivity contribution is 5.87. The Balaban J connectivity index is 2.24. The van der Waals surface area contributed by atoms with Gasteiger partial charge in [-0.25, -0.2) is 4.79 Å². The quantitative estimate of drug-likeness (QED) is 0.844. The van der Waals surface area contributed by atoms with Gasteiger partial charge in [-0.2, -0.15) is 0 Å². The minimum atomic E-state index is -0.985. The number of carbonyl (C=O) groups is 1. The molecule has 2 rings (SSSR count). The van der Waals surface area contributed by atoms with Crippen LogP contribution in [-0.2, 0) is 0 Å². The SMILES string of the molecule is CCCC1CC1n1cc(C(=O)O)ccc1=O. The molecule has 0 spiro atoms. The molecule has 0 bridgehead atoms. The molecule has 1 aromatic rings. The number of aromatic carboxylic acids is 1. The third-order valence-corrected chi connectivity index (χ3v) is 3.09. The number of pyridine rings is 1. The van der Waals surface area contributed by atoms with Gasteiger partial charge in [0.1, 0.15) is 0 Å². The second-order valence-corrected chi connectivity index (χ2v) is 4.32. The van der Waals surface area contributed by atoms with E-state index in [1.54, 1.807) is 4.57 Å². The Kier molecular flexibility index (Phi) is 2.81. The number of hydrogen-bond acceptors (Lipinski definition) is 2. The molecule has 1 saturated carbocycles. The fraction of sp³-hybridized carbons (Fsp3) is 0.500. The number of carboxylic acids is 1. The van der Waals surface area contributed by atoms with Crippen LogP contribution in [0.5, 0.6) is 0 Å². The van der Waals surface area contributed by atoms with Gasteiger partial charge in [0.15, 0.2) is 0 Å². The average molecular weight is 221 g/mol. The summed E-state index contributed by atoms with van der Waals surface area (Å²) >= 11 is 0. The Bertz CT molecular complexity index is 464. The van der Waals surface area contributed by atoms with Gasteiger partial charge >= 0.3 is 5.97 Å². The van der Waals surface area contributed by atoms with Gasteiger partial charge in [-0.1, -0.05) is 13.3 Å². The van der Waals surface area contributed by atoms with Crippen molar-refractivity contribution in [2.24, 2.45) is 5.92 Å². The number of nitrogens with zero attached hydrogens (tertiary/aromatic N) is 1. The summed E-state index contributed by atoms with van der Waals surface area (Å²) in [7, 11) is 0. The molecule has 2 unspecified atom stereocenters. The average Bonchev–Trinajstić information content (AvgIpc) is 2.98. The summed E-state index contributed by atoms with van der Waals surface area (Å²) in [6.07, 6.45) is 4.67. The van der Waals surface area contributed by atoms with E-state index in [4.69, 9.17) is 5.11 Å². The van der Waals surface area contributed by atoms with Gasteiger partial charge in [0.05, 0.1) is 5.56 Å². The summed E-state index contributed by atoms with van der Waals surface area (Å²) < 4.78 is 1.57. The molecule has 0 amide bonds. The maximum absolute atomic E-state index is 11.6. The van der Waals surface area contributed by atoms with Crippen LogP contribution in [0, 0.1) is 5.92 Å². The summed E-state index contributed by atoms with van der Waals surface area (Å²) in [6.45, 7) is 2.12. The van der Waals surface area contributed by atoms with Gasteiger partial charge in [-0.15, -0.1) is 0 Å². The van der Waals surface area contributed by atoms with Crippen LogP contribution in [0.4, 0.5) is 0 Å². The van der Waals surface area contributed by atoms with Crippen LogP contribution >= 0.6 is 0 Å². The lowest BCUT2D eigenvalue weighted by atomic mass is 10.2. The number of rotatable bonds is 4. The smallest absolute Gasteiger partial charge is 0.337 e. The van der Waals surface area contributed by atoms with Crippen molar-refractivity contribution in [2.45, 2.75) is 32.2 Å². The van der Waals surface area contributed by atoms with Crippen LogP contribution in [0.25, 0.3) is 0 Å². The summed E-state index contributed by atoms with van der Waals surface area (Å²) in [5.74, 6) is -0.437. The predicted octanol–water partition coefficient (Wildman–Crippen LogP) is 1.91. The number of carboxylic acid groups (broad SMARTS) is 1. The maximum atomic E-state index is 11.6. The van der Waals surface area contributed by atoms with E-state index in [0.717, 1.165) is 19.3 Å². The lowest BCUT2D eigenvalue weighted by Crippen LogP contribution is -2.19. The van der Waals surface area contributed by atoms with Gasteiger partial charge in [-0.05, 0) is 24.8 Å². The number of hydrogen-bond donors (Lipinski definition) is 1. The summed E-state index contributed by atoms with van der Waals surface area (Å²) in [4.78, 5) is 22.4. The molecular weight excluding hydrogens is 206 g/mol. The summed E-state index contributed by atoms with van der Waals surface area (Å²) in [6, 6.07) is 2.91. The molecule has 0 aromatic carbocycles. The minimum absolute atomic E-state index is 0.103. The molecular formula is C12H15NO3. The first-order valence-electron chi connectivity index (χ1n) is 5.59. The van der Waals surface area contributed by atoms with Crippen molar-refractivity contribution in [3.05, 3.63) is 34.2 Å². The summed E-state index contributed by atoms with van der Waals surface area (Å²) in [5, 5.41) is 8.86. The molecule has 1 N–H and O–H groups in total. The molecule has 1 heterocycles. The lowest BCUT2D eigenvalue weighted by Gasteiger charge is -2.05. The largest absolute Gasteiger partial charge is 0.478 e. The lowest BCUT2D eigenvalue weighted by molar-refractivity contribution is 0.0696. The maximum Gasteiger partial charge on any atom is 0.337 e. The van der Waals surface area contributed by atoms with Crippen LogP contribution in [0.2, 0.25) is 0 Å². The molecule has 4 heteroatoms. The third kappa shape index (κ3) is 2.01. The van der Waals surface area contributed by atoms with Crippen LogP contribution in [0.1, 0.15) is 42.6 Å². The Morgan fingerprint density at radius 1 is 1.56 bits per heavy atom. The second-order valence-electron chi connectivity index (χ2n) is 4.32. The molecule has 1 aliphatic carbocycles. The zero-order valence-electron chi connectivity index (χ0n) is 9.22. The van der Waals surface area contributed by atoms with Crippen molar-refractivity contribution in [1.29, 1.82) is 0 Å². The van der Waals surface area contributed by atoms with Gasteiger partial charge in [0, 0.05) is 18.3 Å². The molecule has 0 aliphatic heterocycles. The Morgan fingerprint density at radius 2 is 2.31 bits per heavy atom. The fourth-order valence-electron chi connectivity index (χ4n) is 2.14. The van der Waals surface area contributed by atoms with E-state index in [1.165, 1.54) is 18.3 Å². The van der Waals surface area contributed by atoms with Crippen molar-refractivity contribution in [3.63, 3.8) is 0 Å². The molecule has 16 heavy (non-hydrogen) atoms. The van der Waals surface area contributed by atoms with Crippen molar-refractivity contribution < 1.29 is 9.90 Å². The van der Waals surface area contributed by atoms with Crippen LogP contribution < -0.4 is 5.56 Å². The van der Waals surface area contributed by atoms with Gasteiger partial charge in [0.2, 0.25) is 0 Å². The molecule has 1 fully saturated rings. The highest BCUT2D eigenvalue weighted by atomic mass is 16.4. The highest BCUT2D eigenvalue weighted by Crippen LogP contribution is 2.45. The van der Waals surface area contributed by atoms with E-state index in [0.29, 0.717) is 5.92 Å². The first-order valence-corrected chi connectivity index (χ1v) is 5.59. The molecule has 2 atom stereocenters. The molecule has 1 aliphatic rings. The predicted molar refractivity (Wildman–Crippen MR) is 59.7 cm³/mol. The van der Waals surface area contributed by atoms with E-state index in [-0.39, 0.29) is 17.2 Å². The van der Waals surface area contributed by atoms with Gasteiger partial charge in [0.25, 0.3) is 5.56 Å². The number of aromatic nitrogens is 1. The Hall–Kier alpha value is -1.58. The molecule has 1 aromatic heterocycles. The van der Waals surface area contributed by atoms with Gasteiger partial charge in [-0.3, -0.25) is 4.79 Å². The molecule has 86 valence electrons. The van der Waals surface area contributed by atoms with Crippen molar-refractivity contribution in [1.82, 2.24) is 4.57 Å². The van der Waals surface area contributed by atoms with Gasteiger partial charge < -0.3 is 9.67 Å². The first-order chi connectivity index (χ1) is 7.63. The topological polar surface area (TPSA) is 59.3 Å². The molecule has 0 saturated heterocycles. The highest BCUT2D eigenvalue weighted by Gasteiger charge is 2.38. The zero-order chi connectivity index (χ0) is 11.7. The fourth-order valence-corrected chi connectivity index (χ4v) is 2.14. The molecule has 0 radical (unpaired) electrons. The van der Waals surface area contributed by atoms with E-state index < -0.39 is 5.97 Å². The Morgan fingerprint density at radius 3 is 2.94 bits per heavy atom. The first kappa shape index (κ1) is 10.9. The van der Waals surface area contributed by atoms with Crippen molar-refractivity contribution >= 4 is 5.97 Å². The minimum Gasteiger partial charge on any atom is -0.478 e. The Labute approximate surface area is 93.5 Å². The van der Waals surface area contributed by atoms with Crippen LogP contribution in [0.3, 0.4) is 0 Å². The zero-order valence-corrected chi connectivity index (χ0v) is 9.22. The van der Waals surface area contributed by atoms with E-state index in [1.807, 2.05) is 0 Å². The van der Waals surface area contributed by atoms with Crippen molar-refractivity contribution in [2.75, 3.05) is 0 Å². The van der Waals surface area contributed by atoms with Crippen molar-refractivity contribution in [3.8, 4) is 0 Å². The third-order valence-electron chi connectivity index (χ3n) is 3.09. The van der Waals surface area contributed by atoms with E-state index in [2.05, 4.69) is 6.92 Å². The van der Waals surface area contributed by atoms with E-state index in [9.17, 15) is 9.59 Å².